The Balaban J connectivity index is 2.34. The molecule has 108 valence electrons. The van der Waals surface area contributed by atoms with Crippen molar-refractivity contribution in [2.45, 2.75) is 4.90 Å². The van der Waals surface area contributed by atoms with Crippen molar-refractivity contribution in [1.82, 2.24) is 4.72 Å². The van der Waals surface area contributed by atoms with Crippen LogP contribution in [0, 0.1) is 11.3 Å². The number of hydrogen-bond acceptors (Lipinski definition) is 3. The van der Waals surface area contributed by atoms with E-state index in [0.29, 0.717) is 5.56 Å². The second-order valence-electron chi connectivity index (χ2n) is 4.27. The smallest absolute Gasteiger partial charge is 0.210 e. The van der Waals surface area contributed by atoms with Crippen molar-refractivity contribution in [2.75, 3.05) is 12.4 Å². The molecule has 0 atom stereocenters. The first-order chi connectivity index (χ1) is 10.1. The van der Waals surface area contributed by atoms with Gasteiger partial charge in [-0.05, 0) is 29.3 Å². The van der Waals surface area contributed by atoms with Crippen LogP contribution in [0.2, 0.25) is 0 Å². The number of rotatable bonds is 5. The zero-order valence-electron chi connectivity index (χ0n) is 11.1. The molecule has 21 heavy (non-hydrogen) atoms. The van der Waals surface area contributed by atoms with Crippen LogP contribution < -0.4 is 4.72 Å². The van der Waals surface area contributed by atoms with E-state index in [1.807, 2.05) is 12.1 Å². The summed E-state index contributed by atoms with van der Waals surface area (Å²) in [5.74, 6) is 0.215. The van der Waals surface area contributed by atoms with Gasteiger partial charge >= 0.3 is 0 Å². The maximum Gasteiger partial charge on any atom is 0.240 e. The molecule has 0 aliphatic rings. The molecular weight excluding hydrogens is 308 g/mol. The Morgan fingerprint density at radius 3 is 2.38 bits per heavy atom. The van der Waals surface area contributed by atoms with Gasteiger partial charge in [-0.3, -0.25) is 0 Å². The third-order valence-corrected chi connectivity index (χ3v) is 4.58. The SMILES string of the molecule is N#Cc1ccccc1-c1ccc(S(=O)(=O)NCCCl)cc1. The summed E-state index contributed by atoms with van der Waals surface area (Å²) in [6.45, 7) is 0.183. The summed E-state index contributed by atoms with van der Waals surface area (Å²) in [5, 5.41) is 9.09. The van der Waals surface area contributed by atoms with E-state index >= 15 is 0 Å². The lowest BCUT2D eigenvalue weighted by Crippen LogP contribution is -2.25. The second kappa shape index (κ2) is 6.72. The van der Waals surface area contributed by atoms with E-state index in [0.717, 1.165) is 11.1 Å². The Labute approximate surface area is 129 Å². The van der Waals surface area contributed by atoms with E-state index in [-0.39, 0.29) is 17.3 Å². The summed E-state index contributed by atoms with van der Waals surface area (Å²) in [7, 11) is -3.54. The minimum absolute atomic E-state index is 0.172. The predicted octanol–water partition coefficient (Wildman–Crippen LogP) is 2.74. The average molecular weight is 321 g/mol. The van der Waals surface area contributed by atoms with Crippen molar-refractivity contribution in [3.63, 3.8) is 0 Å². The molecular formula is C15H13ClN2O2S. The topological polar surface area (TPSA) is 70.0 Å². The number of sulfonamides is 1. The van der Waals surface area contributed by atoms with Gasteiger partial charge in [0.05, 0.1) is 16.5 Å². The molecule has 0 saturated heterocycles. The lowest BCUT2D eigenvalue weighted by atomic mass is 10.0. The normalized spacial score (nSPS) is 11.0. The van der Waals surface area contributed by atoms with Gasteiger partial charge in [0.1, 0.15) is 0 Å². The van der Waals surface area contributed by atoms with E-state index in [1.165, 1.54) is 12.1 Å². The third-order valence-electron chi connectivity index (χ3n) is 2.91. The number of alkyl halides is 1. The van der Waals surface area contributed by atoms with Gasteiger partial charge in [-0.1, -0.05) is 30.3 Å². The summed E-state index contributed by atoms with van der Waals surface area (Å²) in [4.78, 5) is 0.172. The average Bonchev–Trinajstić information content (AvgIpc) is 2.53. The van der Waals surface area contributed by atoms with Crippen molar-refractivity contribution >= 4 is 21.6 Å². The fourth-order valence-electron chi connectivity index (χ4n) is 1.90. The number of nitriles is 1. The molecule has 2 aromatic rings. The van der Waals surface area contributed by atoms with Gasteiger partial charge < -0.3 is 0 Å². The molecule has 0 aromatic heterocycles. The molecule has 0 bridgehead atoms. The molecule has 0 spiro atoms. The van der Waals surface area contributed by atoms with Gasteiger partial charge in [0.2, 0.25) is 10.0 Å². The number of benzene rings is 2. The minimum Gasteiger partial charge on any atom is -0.210 e. The number of nitrogens with zero attached hydrogens (tertiary/aromatic N) is 1. The van der Waals surface area contributed by atoms with Crippen molar-refractivity contribution in [3.8, 4) is 17.2 Å². The number of halogens is 1. The Morgan fingerprint density at radius 1 is 1.10 bits per heavy atom. The summed E-state index contributed by atoms with van der Waals surface area (Å²) in [6, 6.07) is 15.7. The van der Waals surface area contributed by atoms with Crippen LogP contribution in [0.15, 0.2) is 53.4 Å². The molecule has 0 fully saturated rings. The third kappa shape index (κ3) is 3.61. The van der Waals surface area contributed by atoms with E-state index in [2.05, 4.69) is 10.8 Å². The monoisotopic (exact) mass is 320 g/mol. The molecule has 2 aromatic carbocycles. The van der Waals surface area contributed by atoms with Gasteiger partial charge in [-0.15, -0.1) is 11.6 Å². The maximum atomic E-state index is 11.9. The fraction of sp³-hybridized carbons (Fsp3) is 0.133. The highest BCUT2D eigenvalue weighted by atomic mass is 35.5. The molecule has 2 rings (SSSR count). The van der Waals surface area contributed by atoms with E-state index < -0.39 is 10.0 Å². The predicted molar refractivity (Wildman–Crippen MR) is 82.5 cm³/mol. The molecule has 0 amide bonds. The number of hydrogen-bond donors (Lipinski definition) is 1. The van der Waals surface area contributed by atoms with Crippen LogP contribution in [0.1, 0.15) is 5.56 Å². The molecule has 0 aliphatic heterocycles. The lowest BCUT2D eigenvalue weighted by Gasteiger charge is -2.07. The first kappa shape index (κ1) is 15.5. The van der Waals surface area contributed by atoms with Crippen molar-refractivity contribution < 1.29 is 8.42 Å². The van der Waals surface area contributed by atoms with Gasteiger partial charge in [0.25, 0.3) is 0 Å². The molecule has 0 unspecified atom stereocenters. The van der Waals surface area contributed by atoms with Crippen molar-refractivity contribution in [1.29, 1.82) is 5.26 Å². The second-order valence-corrected chi connectivity index (χ2v) is 6.41. The van der Waals surface area contributed by atoms with Crippen LogP contribution in [0.25, 0.3) is 11.1 Å². The molecule has 0 radical (unpaired) electrons. The molecule has 0 heterocycles. The Bertz CT molecular complexity index is 765. The largest absolute Gasteiger partial charge is 0.240 e. The van der Waals surface area contributed by atoms with Gasteiger partial charge in [0, 0.05) is 12.4 Å². The van der Waals surface area contributed by atoms with Crippen molar-refractivity contribution in [3.05, 3.63) is 54.1 Å². The van der Waals surface area contributed by atoms with Crippen LogP contribution in [0.5, 0.6) is 0 Å². The summed E-state index contributed by atoms with van der Waals surface area (Å²) in [6.07, 6.45) is 0. The van der Waals surface area contributed by atoms with Crippen molar-refractivity contribution in [2.24, 2.45) is 0 Å². The first-order valence-electron chi connectivity index (χ1n) is 6.23. The summed E-state index contributed by atoms with van der Waals surface area (Å²) < 4.78 is 26.3. The minimum atomic E-state index is -3.54. The highest BCUT2D eigenvalue weighted by Gasteiger charge is 2.13. The Kier molecular flexibility index (Phi) is 4.97. The van der Waals surface area contributed by atoms with E-state index in [9.17, 15) is 8.42 Å². The summed E-state index contributed by atoms with van der Waals surface area (Å²) >= 11 is 5.48. The van der Waals surface area contributed by atoms with Gasteiger partial charge in [-0.25, -0.2) is 13.1 Å². The zero-order valence-corrected chi connectivity index (χ0v) is 12.7. The van der Waals surface area contributed by atoms with Crippen LogP contribution in [0.3, 0.4) is 0 Å². The molecule has 6 heteroatoms. The standard InChI is InChI=1S/C15H13ClN2O2S/c16-9-10-18-21(19,20)14-7-5-12(6-8-14)15-4-2-1-3-13(15)11-17/h1-8,18H,9-10H2. The van der Waals surface area contributed by atoms with E-state index in [1.54, 1.807) is 24.3 Å². The molecule has 0 saturated carbocycles. The van der Waals surface area contributed by atoms with Crippen LogP contribution in [0.4, 0.5) is 0 Å². The number of nitrogens with one attached hydrogen (secondary N) is 1. The van der Waals surface area contributed by atoms with Crippen LogP contribution >= 0.6 is 11.6 Å². The fourth-order valence-corrected chi connectivity index (χ4v) is 3.14. The first-order valence-corrected chi connectivity index (χ1v) is 8.25. The quantitative estimate of drug-likeness (QED) is 0.861. The van der Waals surface area contributed by atoms with Gasteiger partial charge in [0.15, 0.2) is 0 Å². The Hall–Kier alpha value is -1.87. The molecule has 1 N–H and O–H groups in total. The molecule has 0 aliphatic carbocycles. The maximum absolute atomic E-state index is 11.9. The van der Waals surface area contributed by atoms with E-state index in [4.69, 9.17) is 16.9 Å². The highest BCUT2D eigenvalue weighted by Crippen LogP contribution is 2.24. The van der Waals surface area contributed by atoms with Crippen LogP contribution in [-0.2, 0) is 10.0 Å². The lowest BCUT2D eigenvalue weighted by molar-refractivity contribution is 0.584. The zero-order chi connectivity index (χ0) is 15.3. The highest BCUT2D eigenvalue weighted by molar-refractivity contribution is 7.89. The summed E-state index contributed by atoms with van der Waals surface area (Å²) in [5.41, 5.74) is 2.12. The Morgan fingerprint density at radius 2 is 1.76 bits per heavy atom. The molecule has 4 nitrogen and oxygen atoms in total. The van der Waals surface area contributed by atoms with Gasteiger partial charge in [-0.2, -0.15) is 5.26 Å². The van der Waals surface area contributed by atoms with Crippen LogP contribution in [-0.4, -0.2) is 20.8 Å².